The second-order valence-electron chi connectivity index (χ2n) is 5.89. The van der Waals surface area contributed by atoms with E-state index in [2.05, 4.69) is 22.8 Å². The largest absolute Gasteiger partial charge is 0.390 e. The first kappa shape index (κ1) is 18.3. The Bertz CT molecular complexity index is 760. The number of carbonyl (C=O) groups excluding carboxylic acids is 1. The van der Waals surface area contributed by atoms with E-state index in [1.54, 1.807) is 6.07 Å². The first-order valence-corrected chi connectivity index (χ1v) is 8.44. The zero-order chi connectivity index (χ0) is 17.9. The minimum Gasteiger partial charge on any atom is -0.390 e. The summed E-state index contributed by atoms with van der Waals surface area (Å²) in [6.45, 7) is 2.68. The van der Waals surface area contributed by atoms with Crippen molar-refractivity contribution in [1.82, 2.24) is 5.32 Å². The van der Waals surface area contributed by atoms with Gasteiger partial charge in [-0.05, 0) is 49.4 Å². The summed E-state index contributed by atoms with van der Waals surface area (Å²) < 4.78 is 0. The van der Waals surface area contributed by atoms with Crippen LogP contribution in [0.25, 0.3) is 0 Å². The SMILES string of the molecule is Cc1cccc(NC(=O)/C(C#N)=C\NCCCCc2ccccc2)c1. The van der Waals surface area contributed by atoms with Crippen molar-refractivity contribution in [3.05, 3.63) is 77.5 Å². The maximum atomic E-state index is 12.1. The summed E-state index contributed by atoms with van der Waals surface area (Å²) in [6, 6.07) is 19.8. The summed E-state index contributed by atoms with van der Waals surface area (Å²) in [6.07, 6.45) is 4.56. The van der Waals surface area contributed by atoms with E-state index in [9.17, 15) is 4.79 Å². The average Bonchev–Trinajstić information content (AvgIpc) is 2.62. The number of amides is 1. The zero-order valence-electron chi connectivity index (χ0n) is 14.5. The van der Waals surface area contributed by atoms with E-state index >= 15 is 0 Å². The average molecular weight is 333 g/mol. The molecule has 128 valence electrons. The van der Waals surface area contributed by atoms with Gasteiger partial charge in [0.25, 0.3) is 5.91 Å². The Morgan fingerprint density at radius 2 is 1.92 bits per heavy atom. The van der Waals surface area contributed by atoms with Crippen LogP contribution in [0.2, 0.25) is 0 Å². The molecule has 0 aliphatic heterocycles. The fourth-order valence-electron chi connectivity index (χ4n) is 2.44. The normalized spacial score (nSPS) is 10.8. The molecule has 1 amide bonds. The second-order valence-corrected chi connectivity index (χ2v) is 5.89. The molecule has 2 aromatic carbocycles. The van der Waals surface area contributed by atoms with Crippen LogP contribution in [0.15, 0.2) is 66.4 Å². The van der Waals surface area contributed by atoms with Gasteiger partial charge in [0.15, 0.2) is 0 Å². The van der Waals surface area contributed by atoms with Crippen molar-refractivity contribution >= 4 is 11.6 Å². The Morgan fingerprint density at radius 3 is 2.64 bits per heavy atom. The molecule has 4 heteroatoms. The third kappa shape index (κ3) is 6.52. The highest BCUT2D eigenvalue weighted by molar-refractivity contribution is 6.06. The van der Waals surface area contributed by atoms with Crippen molar-refractivity contribution in [2.45, 2.75) is 26.2 Å². The highest BCUT2D eigenvalue weighted by Gasteiger charge is 2.08. The maximum absolute atomic E-state index is 12.1. The molecule has 0 aliphatic carbocycles. The molecule has 0 spiro atoms. The molecule has 2 aromatic rings. The third-order valence-corrected chi connectivity index (χ3v) is 3.77. The van der Waals surface area contributed by atoms with E-state index in [0.717, 1.165) is 31.4 Å². The van der Waals surface area contributed by atoms with Crippen LogP contribution in [0, 0.1) is 18.3 Å². The van der Waals surface area contributed by atoms with Gasteiger partial charge in [-0.1, -0.05) is 42.5 Å². The highest BCUT2D eigenvalue weighted by Crippen LogP contribution is 2.10. The minimum absolute atomic E-state index is 0.0737. The Hall–Kier alpha value is -3.06. The molecule has 2 rings (SSSR count). The fraction of sp³-hybridized carbons (Fsp3) is 0.238. The second kappa shape index (κ2) is 9.94. The molecule has 0 radical (unpaired) electrons. The molecule has 0 unspecified atom stereocenters. The molecule has 0 saturated carbocycles. The summed E-state index contributed by atoms with van der Waals surface area (Å²) in [5, 5.41) is 15.0. The topological polar surface area (TPSA) is 64.9 Å². The number of nitriles is 1. The van der Waals surface area contributed by atoms with Gasteiger partial charge in [-0.25, -0.2) is 0 Å². The number of nitrogens with one attached hydrogen (secondary N) is 2. The van der Waals surface area contributed by atoms with Gasteiger partial charge in [-0.3, -0.25) is 4.79 Å². The maximum Gasteiger partial charge on any atom is 0.267 e. The lowest BCUT2D eigenvalue weighted by Gasteiger charge is -2.06. The van der Waals surface area contributed by atoms with Gasteiger partial charge in [0, 0.05) is 18.4 Å². The molecule has 0 atom stereocenters. The Balaban J connectivity index is 1.74. The quantitative estimate of drug-likeness (QED) is 0.437. The predicted octanol–water partition coefficient (Wildman–Crippen LogP) is 3.95. The molecule has 2 N–H and O–H groups in total. The number of hydrogen-bond donors (Lipinski definition) is 2. The van der Waals surface area contributed by atoms with Crippen LogP contribution in [0.3, 0.4) is 0 Å². The number of anilines is 1. The number of rotatable bonds is 8. The van der Waals surface area contributed by atoms with Gasteiger partial charge in [0.2, 0.25) is 0 Å². The fourth-order valence-corrected chi connectivity index (χ4v) is 2.44. The lowest BCUT2D eigenvalue weighted by atomic mass is 10.1. The van der Waals surface area contributed by atoms with Crippen LogP contribution in [-0.4, -0.2) is 12.5 Å². The molecule has 25 heavy (non-hydrogen) atoms. The van der Waals surface area contributed by atoms with Gasteiger partial charge in [0.05, 0.1) is 0 Å². The lowest BCUT2D eigenvalue weighted by molar-refractivity contribution is -0.112. The smallest absolute Gasteiger partial charge is 0.267 e. The van der Waals surface area contributed by atoms with E-state index in [0.29, 0.717) is 5.69 Å². The first-order valence-electron chi connectivity index (χ1n) is 8.44. The molecular weight excluding hydrogens is 310 g/mol. The van der Waals surface area contributed by atoms with Crippen LogP contribution >= 0.6 is 0 Å². The molecule has 4 nitrogen and oxygen atoms in total. The van der Waals surface area contributed by atoms with Crippen molar-refractivity contribution in [2.24, 2.45) is 0 Å². The van der Waals surface area contributed by atoms with Crippen molar-refractivity contribution < 1.29 is 4.79 Å². The Morgan fingerprint density at radius 1 is 1.12 bits per heavy atom. The summed E-state index contributed by atoms with van der Waals surface area (Å²) >= 11 is 0. The van der Waals surface area contributed by atoms with Gasteiger partial charge in [0.1, 0.15) is 11.6 Å². The molecule has 0 fully saturated rings. The minimum atomic E-state index is -0.398. The van der Waals surface area contributed by atoms with Crippen molar-refractivity contribution in [3.63, 3.8) is 0 Å². The van der Waals surface area contributed by atoms with Crippen LogP contribution in [-0.2, 0) is 11.2 Å². The lowest BCUT2D eigenvalue weighted by Crippen LogP contribution is -2.17. The van der Waals surface area contributed by atoms with E-state index < -0.39 is 5.91 Å². The molecule has 0 aromatic heterocycles. The number of aryl methyl sites for hydroxylation is 2. The van der Waals surface area contributed by atoms with E-state index in [4.69, 9.17) is 5.26 Å². The molecule has 0 bridgehead atoms. The number of unbranched alkanes of at least 4 members (excludes halogenated alkanes) is 1. The Labute approximate surface area is 149 Å². The number of hydrogen-bond acceptors (Lipinski definition) is 3. The molecule has 0 saturated heterocycles. The van der Waals surface area contributed by atoms with Gasteiger partial charge < -0.3 is 10.6 Å². The van der Waals surface area contributed by atoms with Crippen LogP contribution < -0.4 is 10.6 Å². The first-order chi connectivity index (χ1) is 12.2. The van der Waals surface area contributed by atoms with Crippen LogP contribution in [0.5, 0.6) is 0 Å². The van der Waals surface area contributed by atoms with Crippen LogP contribution in [0.1, 0.15) is 24.0 Å². The van der Waals surface area contributed by atoms with Gasteiger partial charge in [-0.15, -0.1) is 0 Å². The molecule has 0 aliphatic rings. The number of carbonyl (C=O) groups is 1. The molecular formula is C21H23N3O. The van der Waals surface area contributed by atoms with Crippen molar-refractivity contribution in [3.8, 4) is 6.07 Å². The monoisotopic (exact) mass is 333 g/mol. The van der Waals surface area contributed by atoms with Crippen molar-refractivity contribution in [2.75, 3.05) is 11.9 Å². The number of nitrogens with zero attached hydrogens (tertiary/aromatic N) is 1. The highest BCUT2D eigenvalue weighted by atomic mass is 16.1. The zero-order valence-corrected chi connectivity index (χ0v) is 14.5. The van der Waals surface area contributed by atoms with E-state index in [-0.39, 0.29) is 5.57 Å². The predicted molar refractivity (Wildman–Crippen MR) is 101 cm³/mol. The van der Waals surface area contributed by atoms with Gasteiger partial charge in [-0.2, -0.15) is 5.26 Å². The number of benzene rings is 2. The Kier molecular flexibility index (Phi) is 7.27. The van der Waals surface area contributed by atoms with E-state index in [1.165, 1.54) is 11.8 Å². The summed E-state index contributed by atoms with van der Waals surface area (Å²) in [4.78, 5) is 12.1. The summed E-state index contributed by atoms with van der Waals surface area (Å²) in [5.74, 6) is -0.398. The van der Waals surface area contributed by atoms with E-state index in [1.807, 2.05) is 49.4 Å². The summed E-state index contributed by atoms with van der Waals surface area (Å²) in [5.41, 5.74) is 3.14. The van der Waals surface area contributed by atoms with Crippen molar-refractivity contribution in [1.29, 1.82) is 5.26 Å². The third-order valence-electron chi connectivity index (χ3n) is 3.77. The molecule has 0 heterocycles. The standard InChI is InChI=1S/C21H23N3O/c1-17-8-7-12-20(14-17)24-21(25)19(15-22)16-23-13-6-5-11-18-9-3-2-4-10-18/h2-4,7-10,12,14,16,23H,5-6,11,13H2,1H3,(H,24,25)/b19-16-. The van der Waals surface area contributed by atoms with Crippen LogP contribution in [0.4, 0.5) is 5.69 Å². The summed E-state index contributed by atoms with van der Waals surface area (Å²) in [7, 11) is 0. The van der Waals surface area contributed by atoms with Gasteiger partial charge >= 0.3 is 0 Å².